The van der Waals surface area contributed by atoms with Crippen molar-refractivity contribution in [3.05, 3.63) is 110 Å². The van der Waals surface area contributed by atoms with Gasteiger partial charge in [-0.2, -0.15) is 0 Å². The number of aryl methyl sites for hydroxylation is 1. The van der Waals surface area contributed by atoms with Crippen molar-refractivity contribution >= 4 is 33.4 Å². The molecule has 34 heavy (non-hydrogen) atoms. The van der Waals surface area contributed by atoms with Gasteiger partial charge < -0.3 is 9.47 Å². The van der Waals surface area contributed by atoms with E-state index in [0.717, 1.165) is 27.7 Å². The molecule has 0 aliphatic heterocycles. The van der Waals surface area contributed by atoms with Gasteiger partial charge in [0.2, 0.25) is 0 Å². The Bertz CT molecular complexity index is 1610. The number of hydrogen-bond donors (Lipinski definition) is 0. The van der Waals surface area contributed by atoms with Crippen molar-refractivity contribution in [2.75, 3.05) is 7.11 Å². The second kappa shape index (κ2) is 9.15. The third kappa shape index (κ3) is 4.08. The molecule has 0 aliphatic rings. The van der Waals surface area contributed by atoms with Gasteiger partial charge in [-0.15, -0.1) is 6.58 Å². The molecule has 0 radical (unpaired) electrons. The average molecular weight is 469 g/mol. The molecule has 5 rings (SSSR count). The van der Waals surface area contributed by atoms with E-state index >= 15 is 0 Å². The van der Waals surface area contributed by atoms with Crippen molar-refractivity contribution in [3.8, 4) is 11.5 Å². The first kappa shape index (κ1) is 21.9. The Morgan fingerprint density at radius 1 is 1.12 bits per heavy atom. The van der Waals surface area contributed by atoms with Gasteiger partial charge in [0.25, 0.3) is 5.56 Å². The zero-order chi connectivity index (χ0) is 23.7. The Balaban J connectivity index is 1.55. The molecular weight excluding hydrogens is 444 g/mol. The molecular formula is C28H24N2O3S. The quantitative estimate of drug-likeness (QED) is 0.313. The summed E-state index contributed by atoms with van der Waals surface area (Å²) in [5.41, 5.74) is 5.68. The highest BCUT2D eigenvalue weighted by Crippen LogP contribution is 2.34. The lowest BCUT2D eigenvalue weighted by Crippen LogP contribution is -2.22. The Morgan fingerprint density at radius 3 is 2.68 bits per heavy atom. The number of nitrogens with zero attached hydrogens (tertiary/aromatic N) is 2. The van der Waals surface area contributed by atoms with Crippen LogP contribution in [0.5, 0.6) is 11.5 Å². The van der Waals surface area contributed by atoms with Crippen LogP contribution in [0, 0.1) is 6.92 Å². The van der Waals surface area contributed by atoms with E-state index in [2.05, 4.69) is 42.8 Å². The molecule has 2 heterocycles. The Morgan fingerprint density at radius 2 is 1.91 bits per heavy atom. The van der Waals surface area contributed by atoms with E-state index in [-0.39, 0.29) is 5.56 Å². The number of aromatic nitrogens is 2. The van der Waals surface area contributed by atoms with E-state index < -0.39 is 0 Å². The van der Waals surface area contributed by atoms with Crippen molar-refractivity contribution in [1.82, 2.24) is 9.38 Å². The topological polar surface area (TPSA) is 52.8 Å². The average Bonchev–Trinajstić information content (AvgIpc) is 3.35. The summed E-state index contributed by atoms with van der Waals surface area (Å²) in [4.78, 5) is 18.4. The van der Waals surface area contributed by atoms with E-state index in [0.29, 0.717) is 34.0 Å². The Kier molecular flexibility index (Phi) is 5.90. The molecule has 5 aromatic rings. The largest absolute Gasteiger partial charge is 0.493 e. The van der Waals surface area contributed by atoms with Gasteiger partial charge in [-0.3, -0.25) is 4.79 Å². The smallest absolute Gasteiger partial charge is 0.274 e. The zero-order valence-electron chi connectivity index (χ0n) is 19.1. The maximum atomic E-state index is 13.2. The standard InChI is InChI=1S/C28H24N2O3S/c1-4-7-21-14-20(15-24(32-3)26(21)33-17-19-12-10-18(2)11-13-19)16-25-27(31)30-23-9-6-5-8-22(23)29-28(30)34-25/h4-6,8-16H,1,7,17H2,2-3H3/b25-16-. The molecule has 6 heteroatoms. The summed E-state index contributed by atoms with van der Waals surface area (Å²) in [7, 11) is 1.62. The molecule has 0 aliphatic carbocycles. The fourth-order valence-electron chi connectivity index (χ4n) is 3.99. The zero-order valence-corrected chi connectivity index (χ0v) is 19.9. The molecule has 0 amide bonds. The summed E-state index contributed by atoms with van der Waals surface area (Å²) < 4.78 is 14.2. The summed E-state index contributed by atoms with van der Waals surface area (Å²) in [5, 5.41) is 0. The van der Waals surface area contributed by atoms with Crippen LogP contribution < -0.4 is 19.6 Å². The number of thiazole rings is 1. The highest BCUT2D eigenvalue weighted by Gasteiger charge is 2.14. The number of fused-ring (bicyclic) bond motifs is 3. The number of ether oxygens (including phenoxy) is 2. The third-order valence-corrected chi connectivity index (χ3v) is 6.65. The lowest BCUT2D eigenvalue weighted by molar-refractivity contribution is 0.282. The van der Waals surface area contributed by atoms with Crippen molar-refractivity contribution in [2.24, 2.45) is 0 Å². The number of imidazole rings is 1. The fraction of sp³-hybridized carbons (Fsp3) is 0.143. The van der Waals surface area contributed by atoms with Gasteiger partial charge in [0.1, 0.15) is 6.61 Å². The molecule has 5 nitrogen and oxygen atoms in total. The maximum Gasteiger partial charge on any atom is 0.274 e. The van der Waals surface area contributed by atoms with Gasteiger partial charge in [-0.1, -0.05) is 59.4 Å². The number of para-hydroxylation sites is 2. The van der Waals surface area contributed by atoms with Crippen LogP contribution in [0.3, 0.4) is 0 Å². The van der Waals surface area contributed by atoms with Crippen LogP contribution in [-0.2, 0) is 13.0 Å². The molecule has 0 fully saturated rings. The number of rotatable bonds is 7. The summed E-state index contributed by atoms with van der Waals surface area (Å²) in [5.74, 6) is 1.31. The minimum atomic E-state index is -0.0716. The maximum absolute atomic E-state index is 13.2. The number of methoxy groups -OCH3 is 1. The van der Waals surface area contributed by atoms with E-state index in [1.54, 1.807) is 11.5 Å². The van der Waals surface area contributed by atoms with Gasteiger partial charge in [-0.05, 0) is 54.8 Å². The first-order valence-corrected chi connectivity index (χ1v) is 11.8. The lowest BCUT2D eigenvalue weighted by Gasteiger charge is -2.16. The van der Waals surface area contributed by atoms with Crippen molar-refractivity contribution in [1.29, 1.82) is 0 Å². The number of hydrogen-bond acceptors (Lipinski definition) is 5. The van der Waals surface area contributed by atoms with Crippen LogP contribution in [0.2, 0.25) is 0 Å². The Hall–Kier alpha value is -3.90. The van der Waals surface area contributed by atoms with Crippen LogP contribution in [-0.4, -0.2) is 16.5 Å². The molecule has 170 valence electrons. The van der Waals surface area contributed by atoms with Crippen molar-refractivity contribution in [2.45, 2.75) is 20.0 Å². The molecule has 3 aromatic carbocycles. The van der Waals surface area contributed by atoms with E-state index in [4.69, 9.17) is 9.47 Å². The number of allylic oxidation sites excluding steroid dienone is 1. The van der Waals surface area contributed by atoms with Gasteiger partial charge in [-0.25, -0.2) is 9.38 Å². The minimum Gasteiger partial charge on any atom is -0.493 e. The highest BCUT2D eigenvalue weighted by atomic mass is 32.1. The molecule has 0 atom stereocenters. The first-order chi connectivity index (χ1) is 16.6. The normalized spacial score (nSPS) is 11.9. The van der Waals surface area contributed by atoms with E-state index in [1.165, 1.54) is 16.9 Å². The molecule has 0 N–H and O–H groups in total. The third-order valence-electron chi connectivity index (χ3n) is 5.68. The van der Waals surface area contributed by atoms with Crippen LogP contribution in [0.25, 0.3) is 22.1 Å². The molecule has 0 spiro atoms. The van der Waals surface area contributed by atoms with E-state index in [1.807, 2.05) is 48.6 Å². The molecule has 0 saturated heterocycles. The highest BCUT2D eigenvalue weighted by molar-refractivity contribution is 7.15. The predicted octanol–water partition coefficient (Wildman–Crippen LogP) is 5.08. The SMILES string of the molecule is C=CCc1cc(/C=c2\sc3nc4ccccc4n3c2=O)cc(OC)c1OCc1ccc(C)cc1. The van der Waals surface area contributed by atoms with Crippen LogP contribution in [0.4, 0.5) is 0 Å². The van der Waals surface area contributed by atoms with Crippen molar-refractivity contribution in [3.63, 3.8) is 0 Å². The lowest BCUT2D eigenvalue weighted by atomic mass is 10.1. The molecule has 0 unspecified atom stereocenters. The van der Waals surface area contributed by atoms with Gasteiger partial charge >= 0.3 is 0 Å². The summed E-state index contributed by atoms with van der Waals surface area (Å²) in [6.07, 6.45) is 4.33. The monoisotopic (exact) mass is 468 g/mol. The molecule has 0 bridgehead atoms. The molecule has 0 saturated carbocycles. The Labute approximate surface area is 201 Å². The van der Waals surface area contributed by atoms with Crippen LogP contribution >= 0.6 is 11.3 Å². The fourth-order valence-corrected chi connectivity index (χ4v) is 4.98. The van der Waals surface area contributed by atoms with Gasteiger partial charge in [0, 0.05) is 5.56 Å². The second-order valence-corrected chi connectivity index (χ2v) is 9.12. The van der Waals surface area contributed by atoms with Gasteiger partial charge in [0.15, 0.2) is 16.5 Å². The van der Waals surface area contributed by atoms with E-state index in [9.17, 15) is 4.79 Å². The second-order valence-electron chi connectivity index (χ2n) is 8.11. The summed E-state index contributed by atoms with van der Waals surface area (Å²) in [6.45, 7) is 6.39. The van der Waals surface area contributed by atoms with Crippen LogP contribution in [0.1, 0.15) is 22.3 Å². The summed E-state index contributed by atoms with van der Waals surface area (Å²) >= 11 is 1.38. The van der Waals surface area contributed by atoms with Gasteiger partial charge in [0.05, 0.1) is 22.7 Å². The van der Waals surface area contributed by atoms with Crippen LogP contribution in [0.15, 0.2) is 78.1 Å². The summed E-state index contributed by atoms with van der Waals surface area (Å²) in [6, 6.07) is 19.9. The first-order valence-electron chi connectivity index (χ1n) is 11.0. The van der Waals surface area contributed by atoms with Crippen molar-refractivity contribution < 1.29 is 9.47 Å². The number of benzene rings is 3. The molecule has 2 aromatic heterocycles. The predicted molar refractivity (Wildman–Crippen MR) is 138 cm³/mol. The minimum absolute atomic E-state index is 0.0716.